The predicted molar refractivity (Wildman–Crippen MR) is 90.7 cm³/mol. The van der Waals surface area contributed by atoms with Crippen LogP contribution in [0.5, 0.6) is 0 Å². The summed E-state index contributed by atoms with van der Waals surface area (Å²) in [6, 6.07) is 11.5. The van der Waals surface area contributed by atoms with Gasteiger partial charge in [-0.25, -0.2) is 0 Å². The smallest absolute Gasteiger partial charge is 0.261 e. The quantitative estimate of drug-likeness (QED) is 0.901. The molecular weight excluding hydrogens is 318 g/mol. The molecule has 3 nitrogen and oxygen atoms in total. The molecule has 22 heavy (non-hydrogen) atoms. The molecule has 116 valence electrons. The van der Waals surface area contributed by atoms with Crippen LogP contribution in [-0.4, -0.2) is 24.7 Å². The van der Waals surface area contributed by atoms with Crippen molar-refractivity contribution in [2.75, 3.05) is 6.61 Å². The molecule has 1 aliphatic rings. The fourth-order valence-electron chi connectivity index (χ4n) is 2.60. The maximum Gasteiger partial charge on any atom is 0.261 e. The van der Waals surface area contributed by atoms with E-state index in [9.17, 15) is 4.79 Å². The van der Waals surface area contributed by atoms with Gasteiger partial charge in [-0.3, -0.25) is 4.79 Å². The number of ether oxygens (including phenoxy) is 1. The summed E-state index contributed by atoms with van der Waals surface area (Å²) in [7, 11) is 0. The topological polar surface area (TPSA) is 38.3 Å². The van der Waals surface area contributed by atoms with E-state index in [4.69, 9.17) is 16.3 Å². The van der Waals surface area contributed by atoms with E-state index < -0.39 is 0 Å². The Kier molecular flexibility index (Phi) is 4.81. The number of benzene rings is 1. The first-order chi connectivity index (χ1) is 10.6. The Bertz CT molecular complexity index is 647. The van der Waals surface area contributed by atoms with Gasteiger partial charge < -0.3 is 10.1 Å². The third-order valence-corrected chi connectivity index (χ3v) is 5.22. The second-order valence-electron chi connectivity index (χ2n) is 5.48. The maximum absolute atomic E-state index is 12.3. The maximum atomic E-state index is 12.3. The van der Waals surface area contributed by atoms with Gasteiger partial charge in [-0.05, 0) is 49.6 Å². The standard InChI is InChI=1S/C17H18ClNO2S/c1-11(14-3-2-10-21-14)19-17(20)16-9-8-15(22-16)12-4-6-13(18)7-5-12/h4-9,11,14H,2-3,10H2,1H3,(H,19,20)/t11-,14+/m0/s1. The second-order valence-corrected chi connectivity index (χ2v) is 7.00. The van der Waals surface area contributed by atoms with Gasteiger partial charge in [0.25, 0.3) is 5.91 Å². The first kappa shape index (κ1) is 15.5. The van der Waals surface area contributed by atoms with Crippen molar-refractivity contribution in [2.45, 2.75) is 31.9 Å². The SMILES string of the molecule is C[C@H](NC(=O)c1ccc(-c2ccc(Cl)cc2)s1)[C@H]1CCCO1. The van der Waals surface area contributed by atoms with E-state index >= 15 is 0 Å². The van der Waals surface area contributed by atoms with Crippen molar-refractivity contribution in [1.29, 1.82) is 0 Å². The fourth-order valence-corrected chi connectivity index (χ4v) is 3.64. The molecule has 1 N–H and O–H groups in total. The fraction of sp³-hybridized carbons (Fsp3) is 0.353. The Balaban J connectivity index is 1.67. The van der Waals surface area contributed by atoms with Crippen LogP contribution in [0.1, 0.15) is 29.4 Å². The third kappa shape index (κ3) is 3.51. The van der Waals surface area contributed by atoms with Gasteiger partial charge in [0.15, 0.2) is 0 Å². The number of amides is 1. The van der Waals surface area contributed by atoms with Gasteiger partial charge in [0.2, 0.25) is 0 Å². The summed E-state index contributed by atoms with van der Waals surface area (Å²) in [6.07, 6.45) is 2.23. The molecule has 1 aliphatic heterocycles. The molecule has 1 saturated heterocycles. The van der Waals surface area contributed by atoms with Gasteiger partial charge in [-0.1, -0.05) is 23.7 Å². The van der Waals surface area contributed by atoms with E-state index in [1.54, 1.807) is 0 Å². The molecule has 0 radical (unpaired) electrons. The first-order valence-corrected chi connectivity index (χ1v) is 8.61. The minimum absolute atomic E-state index is 0.0341. The zero-order valence-corrected chi connectivity index (χ0v) is 13.9. The van der Waals surface area contributed by atoms with Gasteiger partial charge in [0.1, 0.15) is 0 Å². The van der Waals surface area contributed by atoms with Gasteiger partial charge in [-0.15, -0.1) is 11.3 Å². The molecule has 2 aromatic rings. The van der Waals surface area contributed by atoms with Gasteiger partial charge in [0.05, 0.1) is 17.0 Å². The highest BCUT2D eigenvalue weighted by Gasteiger charge is 2.24. The Hall–Kier alpha value is -1.36. The van der Waals surface area contributed by atoms with Crippen molar-refractivity contribution < 1.29 is 9.53 Å². The van der Waals surface area contributed by atoms with Crippen molar-refractivity contribution in [3.8, 4) is 10.4 Å². The molecule has 1 aromatic heterocycles. The summed E-state index contributed by atoms with van der Waals surface area (Å²) in [6.45, 7) is 2.80. The Morgan fingerprint density at radius 3 is 2.77 bits per heavy atom. The normalized spacial score (nSPS) is 19.1. The van der Waals surface area contributed by atoms with Crippen LogP contribution in [0.25, 0.3) is 10.4 Å². The van der Waals surface area contributed by atoms with Crippen molar-refractivity contribution in [2.24, 2.45) is 0 Å². The lowest BCUT2D eigenvalue weighted by molar-refractivity contribution is 0.0714. The van der Waals surface area contributed by atoms with E-state index in [0.717, 1.165) is 34.8 Å². The van der Waals surface area contributed by atoms with E-state index in [0.29, 0.717) is 5.02 Å². The largest absolute Gasteiger partial charge is 0.376 e. The van der Waals surface area contributed by atoms with Crippen LogP contribution >= 0.6 is 22.9 Å². The Morgan fingerprint density at radius 2 is 2.09 bits per heavy atom. The van der Waals surface area contributed by atoms with Crippen molar-refractivity contribution in [3.05, 3.63) is 46.3 Å². The summed E-state index contributed by atoms with van der Waals surface area (Å²) in [5.41, 5.74) is 1.07. The number of thiophene rings is 1. The number of hydrogen-bond acceptors (Lipinski definition) is 3. The lowest BCUT2D eigenvalue weighted by atomic mass is 10.1. The van der Waals surface area contributed by atoms with Crippen LogP contribution in [0.15, 0.2) is 36.4 Å². The molecule has 3 rings (SSSR count). The van der Waals surface area contributed by atoms with Crippen molar-refractivity contribution >= 4 is 28.8 Å². The molecule has 2 heterocycles. The van der Waals surface area contributed by atoms with Crippen LogP contribution in [0.3, 0.4) is 0 Å². The van der Waals surface area contributed by atoms with Crippen LogP contribution in [0, 0.1) is 0 Å². The lowest BCUT2D eigenvalue weighted by Gasteiger charge is -2.19. The van der Waals surface area contributed by atoms with Crippen molar-refractivity contribution in [3.63, 3.8) is 0 Å². The lowest BCUT2D eigenvalue weighted by Crippen LogP contribution is -2.40. The van der Waals surface area contributed by atoms with E-state index in [1.807, 2.05) is 43.3 Å². The van der Waals surface area contributed by atoms with Crippen LogP contribution in [0.2, 0.25) is 5.02 Å². The average Bonchev–Trinajstić information content (AvgIpc) is 3.20. The summed E-state index contributed by atoms with van der Waals surface area (Å²) in [4.78, 5) is 14.1. The number of carbonyl (C=O) groups excluding carboxylic acids is 1. The zero-order chi connectivity index (χ0) is 15.5. The summed E-state index contributed by atoms with van der Waals surface area (Å²) >= 11 is 7.39. The number of carbonyl (C=O) groups is 1. The Labute approximate surface area is 139 Å². The van der Waals surface area contributed by atoms with Crippen LogP contribution < -0.4 is 5.32 Å². The molecule has 0 saturated carbocycles. The minimum atomic E-state index is -0.0341. The van der Waals surface area contributed by atoms with Gasteiger partial charge >= 0.3 is 0 Å². The van der Waals surface area contributed by atoms with Crippen LogP contribution in [0.4, 0.5) is 0 Å². The molecule has 1 amide bonds. The number of hydrogen-bond donors (Lipinski definition) is 1. The molecule has 5 heteroatoms. The monoisotopic (exact) mass is 335 g/mol. The second kappa shape index (κ2) is 6.82. The van der Waals surface area contributed by atoms with Gasteiger partial charge in [0, 0.05) is 16.5 Å². The molecule has 2 atom stereocenters. The molecule has 0 spiro atoms. The van der Waals surface area contributed by atoms with E-state index in [-0.39, 0.29) is 18.1 Å². The highest BCUT2D eigenvalue weighted by atomic mass is 35.5. The first-order valence-electron chi connectivity index (χ1n) is 7.42. The highest BCUT2D eigenvalue weighted by molar-refractivity contribution is 7.17. The number of nitrogens with one attached hydrogen (secondary N) is 1. The molecular formula is C17H18ClNO2S. The van der Waals surface area contributed by atoms with E-state index in [1.165, 1.54) is 11.3 Å². The van der Waals surface area contributed by atoms with E-state index in [2.05, 4.69) is 5.32 Å². The molecule has 0 unspecified atom stereocenters. The highest BCUT2D eigenvalue weighted by Crippen LogP contribution is 2.29. The Morgan fingerprint density at radius 1 is 1.32 bits per heavy atom. The molecule has 0 aliphatic carbocycles. The van der Waals surface area contributed by atoms with Crippen molar-refractivity contribution in [1.82, 2.24) is 5.32 Å². The van der Waals surface area contributed by atoms with Gasteiger partial charge in [-0.2, -0.15) is 0 Å². The summed E-state index contributed by atoms with van der Waals surface area (Å²) in [5.74, 6) is -0.0341. The summed E-state index contributed by atoms with van der Waals surface area (Å²) in [5, 5.41) is 3.75. The molecule has 0 bridgehead atoms. The van der Waals surface area contributed by atoms with Crippen LogP contribution in [-0.2, 0) is 4.74 Å². The molecule has 1 fully saturated rings. The average molecular weight is 336 g/mol. The minimum Gasteiger partial charge on any atom is -0.376 e. The predicted octanol–water partition coefficient (Wildman–Crippen LogP) is 4.37. The number of halogens is 1. The summed E-state index contributed by atoms with van der Waals surface area (Å²) < 4.78 is 5.61. The third-order valence-electron chi connectivity index (χ3n) is 3.84. The zero-order valence-electron chi connectivity index (χ0n) is 12.3. The number of rotatable bonds is 4. The molecule has 1 aromatic carbocycles.